The van der Waals surface area contributed by atoms with Crippen LogP contribution in [0.2, 0.25) is 0 Å². The maximum atomic E-state index is 13.0. The zero-order valence-electron chi connectivity index (χ0n) is 14.8. The highest BCUT2D eigenvalue weighted by Crippen LogP contribution is 2.49. The summed E-state index contributed by atoms with van der Waals surface area (Å²) in [6, 6.07) is 3.75. The smallest absolute Gasteiger partial charge is 0.245 e. The van der Waals surface area contributed by atoms with E-state index in [2.05, 4.69) is 16.9 Å². The van der Waals surface area contributed by atoms with E-state index in [0.29, 0.717) is 5.92 Å². The fourth-order valence-corrected chi connectivity index (χ4v) is 4.18. The molecule has 3 fully saturated rings. The molecule has 2 saturated heterocycles. The Morgan fingerprint density at radius 2 is 1.76 bits per heavy atom. The van der Waals surface area contributed by atoms with Crippen LogP contribution in [0.5, 0.6) is 0 Å². The van der Waals surface area contributed by atoms with Crippen molar-refractivity contribution in [2.45, 2.75) is 31.2 Å². The summed E-state index contributed by atoms with van der Waals surface area (Å²) in [5.74, 6) is 0.672. The monoisotopic (exact) mass is 342 g/mol. The summed E-state index contributed by atoms with van der Waals surface area (Å²) in [5, 5.41) is 0. The highest BCUT2D eigenvalue weighted by Gasteiger charge is 2.49. The lowest BCUT2D eigenvalue weighted by atomic mass is 10.1. The number of likely N-dealkylation sites (tertiary alicyclic amines) is 1. The van der Waals surface area contributed by atoms with Crippen LogP contribution in [0.3, 0.4) is 0 Å². The number of piperazine rings is 1. The summed E-state index contributed by atoms with van der Waals surface area (Å²) in [6.45, 7) is 4.11. The van der Waals surface area contributed by atoms with Crippen molar-refractivity contribution in [3.63, 3.8) is 0 Å². The molecular formula is C19H26N4O2. The number of rotatable bonds is 3. The Morgan fingerprint density at radius 1 is 1.04 bits per heavy atom. The summed E-state index contributed by atoms with van der Waals surface area (Å²) >= 11 is 0. The van der Waals surface area contributed by atoms with Crippen molar-refractivity contribution in [1.82, 2.24) is 19.7 Å². The van der Waals surface area contributed by atoms with Gasteiger partial charge in [0.05, 0.1) is 0 Å². The van der Waals surface area contributed by atoms with Gasteiger partial charge >= 0.3 is 0 Å². The predicted molar refractivity (Wildman–Crippen MR) is 93.9 cm³/mol. The highest BCUT2D eigenvalue weighted by atomic mass is 16.2. The van der Waals surface area contributed by atoms with Gasteiger partial charge in [0.15, 0.2) is 0 Å². The molecule has 4 rings (SSSR count). The fraction of sp³-hybridized carbons (Fsp3) is 0.632. The number of pyridine rings is 1. The third-order valence-corrected chi connectivity index (χ3v) is 5.88. The van der Waals surface area contributed by atoms with Gasteiger partial charge in [0.25, 0.3) is 0 Å². The SMILES string of the molecule is CN1CCN(C(=O)C2CCCN2C(=O)[C@@H]2C[C@H]2c2ccncc2)CC1. The zero-order chi connectivity index (χ0) is 17.4. The van der Waals surface area contributed by atoms with Crippen molar-refractivity contribution in [2.24, 2.45) is 5.92 Å². The Bertz CT molecular complexity index is 642. The first kappa shape index (κ1) is 16.5. The molecule has 6 nitrogen and oxygen atoms in total. The average Bonchev–Trinajstić information content (AvgIpc) is 3.30. The maximum Gasteiger partial charge on any atom is 0.245 e. The van der Waals surface area contributed by atoms with Gasteiger partial charge in [-0.3, -0.25) is 14.6 Å². The summed E-state index contributed by atoms with van der Waals surface area (Å²) in [6.07, 6.45) is 6.20. The second-order valence-corrected chi connectivity index (χ2v) is 7.55. The molecule has 0 N–H and O–H groups in total. The number of carbonyl (C=O) groups excluding carboxylic acids is 2. The number of aromatic nitrogens is 1. The van der Waals surface area contributed by atoms with Crippen molar-refractivity contribution in [2.75, 3.05) is 39.8 Å². The molecule has 1 aromatic rings. The lowest BCUT2D eigenvalue weighted by Gasteiger charge is -2.36. The van der Waals surface area contributed by atoms with Crippen LogP contribution < -0.4 is 0 Å². The number of hydrogen-bond acceptors (Lipinski definition) is 4. The van der Waals surface area contributed by atoms with E-state index < -0.39 is 0 Å². The Balaban J connectivity index is 1.40. The summed E-state index contributed by atoms with van der Waals surface area (Å²) < 4.78 is 0. The van der Waals surface area contributed by atoms with Crippen LogP contribution in [0.15, 0.2) is 24.5 Å². The van der Waals surface area contributed by atoms with Gasteiger partial charge in [-0.15, -0.1) is 0 Å². The quantitative estimate of drug-likeness (QED) is 0.821. The summed E-state index contributed by atoms with van der Waals surface area (Å²) in [4.78, 5) is 36.0. The van der Waals surface area contributed by atoms with Crippen LogP contribution in [-0.4, -0.2) is 77.3 Å². The highest BCUT2D eigenvalue weighted by molar-refractivity contribution is 5.90. The third-order valence-electron chi connectivity index (χ3n) is 5.88. The van der Waals surface area contributed by atoms with E-state index in [-0.39, 0.29) is 23.8 Å². The van der Waals surface area contributed by atoms with Gasteiger partial charge in [-0.2, -0.15) is 0 Å². The molecule has 0 bridgehead atoms. The van der Waals surface area contributed by atoms with Gasteiger partial charge in [0, 0.05) is 51.0 Å². The molecule has 134 valence electrons. The maximum absolute atomic E-state index is 13.0. The molecule has 3 atom stereocenters. The van der Waals surface area contributed by atoms with Crippen LogP contribution in [0, 0.1) is 5.92 Å². The van der Waals surface area contributed by atoms with Crippen molar-refractivity contribution < 1.29 is 9.59 Å². The van der Waals surface area contributed by atoms with Crippen LogP contribution in [0.4, 0.5) is 0 Å². The predicted octanol–water partition coefficient (Wildman–Crippen LogP) is 0.950. The lowest BCUT2D eigenvalue weighted by Crippen LogP contribution is -2.53. The number of nitrogens with zero attached hydrogens (tertiary/aromatic N) is 4. The van der Waals surface area contributed by atoms with E-state index >= 15 is 0 Å². The van der Waals surface area contributed by atoms with E-state index in [0.717, 1.165) is 52.0 Å². The normalized spacial score (nSPS) is 29.7. The minimum Gasteiger partial charge on any atom is -0.338 e. The standard InChI is InChI=1S/C19H26N4O2/c1-21-9-11-22(12-10-21)19(25)17-3-2-8-23(17)18(24)16-13-15(16)14-4-6-20-7-5-14/h4-7,15-17H,2-3,8-13H2,1H3/t15-,16+,17?/m0/s1. The summed E-state index contributed by atoms with van der Waals surface area (Å²) in [7, 11) is 2.08. The van der Waals surface area contributed by atoms with Gasteiger partial charge in [-0.25, -0.2) is 0 Å². The Morgan fingerprint density at radius 3 is 2.48 bits per heavy atom. The molecule has 1 unspecified atom stereocenters. The molecule has 2 amide bonds. The largest absolute Gasteiger partial charge is 0.338 e. The number of amides is 2. The Kier molecular flexibility index (Phi) is 4.46. The van der Waals surface area contributed by atoms with Gasteiger partial charge < -0.3 is 14.7 Å². The van der Waals surface area contributed by atoms with Crippen LogP contribution in [0.25, 0.3) is 0 Å². The van der Waals surface area contributed by atoms with Gasteiger partial charge in [0.2, 0.25) is 11.8 Å². The molecule has 3 aliphatic rings. The van der Waals surface area contributed by atoms with Crippen LogP contribution in [0.1, 0.15) is 30.7 Å². The number of likely N-dealkylation sites (N-methyl/N-ethyl adjacent to an activating group) is 1. The first-order chi connectivity index (χ1) is 12.1. The molecule has 1 aliphatic carbocycles. The van der Waals surface area contributed by atoms with Gasteiger partial charge in [0.1, 0.15) is 6.04 Å². The van der Waals surface area contributed by atoms with Crippen molar-refractivity contribution >= 4 is 11.8 Å². The van der Waals surface area contributed by atoms with Crippen molar-refractivity contribution in [1.29, 1.82) is 0 Å². The molecule has 2 aliphatic heterocycles. The first-order valence-corrected chi connectivity index (χ1v) is 9.33. The summed E-state index contributed by atoms with van der Waals surface area (Å²) in [5.41, 5.74) is 1.19. The van der Waals surface area contributed by atoms with Gasteiger partial charge in [-0.05, 0) is 49.9 Å². The third kappa shape index (κ3) is 3.27. The molecule has 25 heavy (non-hydrogen) atoms. The topological polar surface area (TPSA) is 56.8 Å². The van der Waals surface area contributed by atoms with Crippen molar-refractivity contribution in [3.05, 3.63) is 30.1 Å². The van der Waals surface area contributed by atoms with E-state index in [1.165, 1.54) is 5.56 Å². The Labute approximate surface area is 148 Å². The van der Waals surface area contributed by atoms with E-state index in [4.69, 9.17) is 0 Å². The molecule has 0 spiro atoms. The average molecular weight is 342 g/mol. The number of carbonyl (C=O) groups is 2. The first-order valence-electron chi connectivity index (χ1n) is 9.33. The molecular weight excluding hydrogens is 316 g/mol. The van der Waals surface area contributed by atoms with Crippen LogP contribution >= 0.6 is 0 Å². The second-order valence-electron chi connectivity index (χ2n) is 7.55. The fourth-order valence-electron chi connectivity index (χ4n) is 4.18. The Hall–Kier alpha value is -1.95. The molecule has 0 radical (unpaired) electrons. The van der Waals surface area contributed by atoms with E-state index in [1.807, 2.05) is 21.9 Å². The molecule has 6 heteroatoms. The van der Waals surface area contributed by atoms with Crippen molar-refractivity contribution in [3.8, 4) is 0 Å². The number of hydrogen-bond donors (Lipinski definition) is 0. The van der Waals surface area contributed by atoms with Crippen LogP contribution in [-0.2, 0) is 9.59 Å². The second kappa shape index (κ2) is 6.75. The molecule has 0 aromatic carbocycles. The zero-order valence-corrected chi connectivity index (χ0v) is 14.8. The lowest BCUT2D eigenvalue weighted by molar-refractivity contribution is -0.145. The molecule has 1 saturated carbocycles. The minimum atomic E-state index is -0.241. The van der Waals surface area contributed by atoms with E-state index in [9.17, 15) is 9.59 Å². The molecule has 3 heterocycles. The van der Waals surface area contributed by atoms with Gasteiger partial charge in [-0.1, -0.05) is 0 Å². The minimum absolute atomic E-state index is 0.0447. The van der Waals surface area contributed by atoms with E-state index in [1.54, 1.807) is 12.4 Å². The molecule has 1 aromatic heterocycles.